The molecule has 0 saturated carbocycles. The van der Waals surface area contributed by atoms with Gasteiger partial charge < -0.3 is 9.47 Å². The number of hydrogen-bond donors (Lipinski definition) is 0. The molecule has 0 saturated heterocycles. The van der Waals surface area contributed by atoms with Crippen molar-refractivity contribution in [2.75, 3.05) is 13.2 Å². The van der Waals surface area contributed by atoms with Gasteiger partial charge in [-0.2, -0.15) is 0 Å². The first-order valence-electron chi connectivity index (χ1n) is 5.48. The Hall–Kier alpha value is -0.860. The van der Waals surface area contributed by atoms with E-state index >= 15 is 0 Å². The second-order valence-electron chi connectivity index (χ2n) is 3.39. The second-order valence-corrected chi connectivity index (χ2v) is 3.39. The Labute approximate surface area is 92.2 Å². The van der Waals surface area contributed by atoms with Crippen LogP contribution in [-0.4, -0.2) is 13.2 Å². The summed E-state index contributed by atoms with van der Waals surface area (Å²) in [4.78, 5) is 0. The number of hydrogen-bond acceptors (Lipinski definition) is 2. The van der Waals surface area contributed by atoms with Gasteiger partial charge in [-0.3, -0.25) is 0 Å². The molecule has 83 valence electrons. The molecule has 0 fully saturated rings. The van der Waals surface area contributed by atoms with E-state index in [9.17, 15) is 0 Å². The molecular weight excluding hydrogens is 188 g/mol. The van der Waals surface area contributed by atoms with Gasteiger partial charge in [0.05, 0.1) is 13.2 Å². The van der Waals surface area contributed by atoms with Gasteiger partial charge in [0.25, 0.3) is 0 Å². The summed E-state index contributed by atoms with van der Waals surface area (Å²) < 4.78 is 10.7. The molecule has 0 aliphatic carbocycles. The fourth-order valence-corrected chi connectivity index (χ4v) is 1.16. The van der Waals surface area contributed by atoms with Crippen LogP contribution < -0.4 is 0 Å². The van der Waals surface area contributed by atoms with Crippen molar-refractivity contribution in [3.63, 3.8) is 0 Å². The van der Waals surface area contributed by atoms with Crippen LogP contribution in [0.15, 0.2) is 30.3 Å². The van der Waals surface area contributed by atoms with Gasteiger partial charge >= 0.3 is 0 Å². The first kappa shape index (κ1) is 12.2. The van der Waals surface area contributed by atoms with Crippen molar-refractivity contribution in [1.82, 2.24) is 0 Å². The van der Waals surface area contributed by atoms with Crippen molar-refractivity contribution < 1.29 is 9.47 Å². The predicted octanol–water partition coefficient (Wildman–Crippen LogP) is 3.18. The third kappa shape index (κ3) is 6.26. The Bertz CT molecular complexity index is 234. The van der Waals surface area contributed by atoms with Gasteiger partial charge in [-0.15, -0.1) is 0 Å². The Morgan fingerprint density at radius 3 is 2.73 bits per heavy atom. The number of ether oxygens (including phenoxy) is 2. The normalized spacial score (nSPS) is 10.5. The van der Waals surface area contributed by atoms with E-state index in [-0.39, 0.29) is 0 Å². The molecule has 0 aliphatic rings. The van der Waals surface area contributed by atoms with Crippen LogP contribution in [0.25, 0.3) is 0 Å². The van der Waals surface area contributed by atoms with Crippen molar-refractivity contribution in [2.45, 2.75) is 26.4 Å². The quantitative estimate of drug-likeness (QED) is 0.609. The van der Waals surface area contributed by atoms with Crippen LogP contribution in [0.2, 0.25) is 0 Å². The van der Waals surface area contributed by atoms with Crippen LogP contribution in [-0.2, 0) is 16.1 Å². The average Bonchev–Trinajstić information content (AvgIpc) is 2.29. The maximum atomic E-state index is 5.42. The molecule has 0 bridgehead atoms. The van der Waals surface area contributed by atoms with E-state index in [4.69, 9.17) is 9.47 Å². The Kier molecular flexibility index (Phi) is 6.88. The predicted molar refractivity (Wildman–Crippen MR) is 61.3 cm³/mol. The summed E-state index contributed by atoms with van der Waals surface area (Å²) in [5, 5.41) is 0. The van der Waals surface area contributed by atoms with E-state index in [0.29, 0.717) is 13.2 Å². The molecule has 0 amide bonds. The minimum Gasteiger partial charge on any atom is -0.374 e. The zero-order valence-electron chi connectivity index (χ0n) is 9.32. The van der Waals surface area contributed by atoms with E-state index in [2.05, 4.69) is 19.1 Å². The Morgan fingerprint density at radius 1 is 1.20 bits per heavy atom. The van der Waals surface area contributed by atoms with Crippen LogP contribution in [0, 0.1) is 6.61 Å². The highest BCUT2D eigenvalue weighted by Gasteiger charge is 1.92. The van der Waals surface area contributed by atoms with Gasteiger partial charge in [-0.1, -0.05) is 43.7 Å². The topological polar surface area (TPSA) is 18.5 Å². The second kappa shape index (κ2) is 8.45. The lowest BCUT2D eigenvalue weighted by atomic mass is 10.2. The van der Waals surface area contributed by atoms with Gasteiger partial charge in [-0.05, 0) is 12.0 Å². The molecule has 0 aromatic heterocycles. The SMILES string of the molecule is CCCCO[CH]COCc1ccccc1. The molecule has 0 unspecified atom stereocenters. The van der Waals surface area contributed by atoms with E-state index in [1.54, 1.807) is 6.61 Å². The molecule has 1 aromatic carbocycles. The summed E-state index contributed by atoms with van der Waals surface area (Å²) in [6.07, 6.45) is 2.27. The third-order valence-corrected chi connectivity index (χ3v) is 2.03. The summed E-state index contributed by atoms with van der Waals surface area (Å²) in [5.74, 6) is 0. The van der Waals surface area contributed by atoms with Gasteiger partial charge in [0.2, 0.25) is 0 Å². The molecule has 2 heteroatoms. The molecule has 0 N–H and O–H groups in total. The van der Waals surface area contributed by atoms with Crippen LogP contribution in [0.5, 0.6) is 0 Å². The average molecular weight is 207 g/mol. The molecule has 1 aromatic rings. The molecule has 1 rings (SSSR count). The van der Waals surface area contributed by atoms with Gasteiger partial charge in [0.1, 0.15) is 6.61 Å². The third-order valence-electron chi connectivity index (χ3n) is 2.03. The molecule has 15 heavy (non-hydrogen) atoms. The van der Waals surface area contributed by atoms with Crippen LogP contribution in [0.4, 0.5) is 0 Å². The molecule has 2 nitrogen and oxygen atoms in total. The van der Waals surface area contributed by atoms with Gasteiger partial charge in [-0.25, -0.2) is 0 Å². The Balaban J connectivity index is 1.93. The zero-order valence-corrected chi connectivity index (χ0v) is 9.32. The summed E-state index contributed by atoms with van der Waals surface area (Å²) in [5.41, 5.74) is 1.19. The molecule has 0 heterocycles. The highest BCUT2D eigenvalue weighted by atomic mass is 16.5. The minimum absolute atomic E-state index is 0.554. The fraction of sp³-hybridized carbons (Fsp3) is 0.462. The van der Waals surface area contributed by atoms with Crippen LogP contribution in [0.3, 0.4) is 0 Å². The summed E-state index contributed by atoms with van der Waals surface area (Å²) >= 11 is 0. The first-order chi connectivity index (χ1) is 7.43. The lowest BCUT2D eigenvalue weighted by Crippen LogP contribution is -2.00. The molecule has 0 spiro atoms. The van der Waals surface area contributed by atoms with Crippen molar-refractivity contribution >= 4 is 0 Å². The maximum Gasteiger partial charge on any atom is 0.109 e. The van der Waals surface area contributed by atoms with Crippen molar-refractivity contribution in [3.8, 4) is 0 Å². The summed E-state index contributed by atoms with van der Waals surface area (Å²) in [6.45, 7) is 5.88. The highest BCUT2D eigenvalue weighted by Crippen LogP contribution is 2.00. The summed E-state index contributed by atoms with van der Waals surface area (Å²) in [7, 11) is 0. The largest absolute Gasteiger partial charge is 0.374 e. The number of rotatable bonds is 8. The lowest BCUT2D eigenvalue weighted by Gasteiger charge is -2.04. The molecule has 1 radical (unpaired) electrons. The smallest absolute Gasteiger partial charge is 0.109 e. The van der Waals surface area contributed by atoms with E-state index in [1.165, 1.54) is 12.0 Å². The van der Waals surface area contributed by atoms with Crippen LogP contribution in [0.1, 0.15) is 25.3 Å². The highest BCUT2D eigenvalue weighted by molar-refractivity contribution is 5.13. The zero-order chi connectivity index (χ0) is 10.8. The number of unbranched alkanes of at least 4 members (excludes halogenated alkanes) is 1. The van der Waals surface area contributed by atoms with Gasteiger partial charge in [0, 0.05) is 6.61 Å². The molecular formula is C13H19O2. The number of benzene rings is 1. The monoisotopic (exact) mass is 207 g/mol. The van der Waals surface area contributed by atoms with Crippen molar-refractivity contribution in [1.29, 1.82) is 0 Å². The molecule has 0 atom stereocenters. The van der Waals surface area contributed by atoms with Crippen molar-refractivity contribution in [3.05, 3.63) is 42.5 Å². The Morgan fingerprint density at radius 2 is 2.00 bits per heavy atom. The first-order valence-corrected chi connectivity index (χ1v) is 5.48. The van der Waals surface area contributed by atoms with Gasteiger partial charge in [0.15, 0.2) is 0 Å². The minimum atomic E-state index is 0.554. The lowest BCUT2D eigenvalue weighted by molar-refractivity contribution is 0.0805. The van der Waals surface area contributed by atoms with Crippen LogP contribution >= 0.6 is 0 Å². The maximum absolute atomic E-state index is 5.42. The molecule has 0 aliphatic heterocycles. The van der Waals surface area contributed by atoms with E-state index in [1.807, 2.05) is 18.2 Å². The van der Waals surface area contributed by atoms with E-state index in [0.717, 1.165) is 13.0 Å². The van der Waals surface area contributed by atoms with Crippen molar-refractivity contribution in [2.24, 2.45) is 0 Å². The fourth-order valence-electron chi connectivity index (χ4n) is 1.16. The summed E-state index contributed by atoms with van der Waals surface area (Å²) in [6, 6.07) is 10.1. The standard InChI is InChI=1S/C13H19O2/c1-2-3-9-14-10-11-15-12-13-7-5-4-6-8-13/h4-8,10H,2-3,9,11-12H2,1H3. The van der Waals surface area contributed by atoms with E-state index < -0.39 is 0 Å².